The van der Waals surface area contributed by atoms with Crippen molar-refractivity contribution >= 4 is 12.4 Å². The van der Waals surface area contributed by atoms with Crippen LogP contribution in [-0.4, -0.2) is 6.54 Å². The Morgan fingerprint density at radius 2 is 1.86 bits per heavy atom. The number of unbranched alkanes of at least 4 members (excludes halogenated alkanes) is 1. The predicted octanol–water partition coefficient (Wildman–Crippen LogP) is 1.33. The number of halogens is 1. The number of hydrogen-bond acceptors (Lipinski definition) is 2. The van der Waals surface area contributed by atoms with Crippen molar-refractivity contribution in [1.29, 1.82) is 0 Å². The van der Waals surface area contributed by atoms with Crippen LogP contribution in [0.2, 0.25) is 0 Å². The van der Waals surface area contributed by atoms with Crippen LogP contribution < -0.4 is 11.9 Å². The standard InChI is InChI=1S/C4H11N.ClH.H3N/c1-2-3-4-5;;/h2-5H2,1H3;1H;1H3. The van der Waals surface area contributed by atoms with Crippen LogP contribution in [0.4, 0.5) is 0 Å². The molecule has 0 saturated heterocycles. The molecule has 0 atom stereocenters. The molecule has 0 heterocycles. The Morgan fingerprint density at radius 3 is 1.86 bits per heavy atom. The zero-order valence-electron chi connectivity index (χ0n) is 4.81. The first kappa shape index (κ1) is 15.7. The first-order valence-corrected chi connectivity index (χ1v) is 2.12. The van der Waals surface area contributed by atoms with E-state index in [4.69, 9.17) is 5.73 Å². The highest BCUT2D eigenvalue weighted by molar-refractivity contribution is 5.85. The van der Waals surface area contributed by atoms with Gasteiger partial charge in [0.15, 0.2) is 0 Å². The molecule has 3 heteroatoms. The molecule has 0 bridgehead atoms. The van der Waals surface area contributed by atoms with E-state index in [0.29, 0.717) is 0 Å². The lowest BCUT2D eigenvalue weighted by molar-refractivity contribution is 0.807. The van der Waals surface area contributed by atoms with E-state index in [1.165, 1.54) is 12.8 Å². The van der Waals surface area contributed by atoms with Gasteiger partial charge in [-0.1, -0.05) is 13.3 Å². The zero-order chi connectivity index (χ0) is 4.12. The van der Waals surface area contributed by atoms with Crippen molar-refractivity contribution in [1.82, 2.24) is 6.15 Å². The van der Waals surface area contributed by atoms with Gasteiger partial charge in [-0.25, -0.2) is 0 Å². The molecule has 0 amide bonds. The summed E-state index contributed by atoms with van der Waals surface area (Å²) in [5, 5.41) is 0. The van der Waals surface area contributed by atoms with Gasteiger partial charge in [-0.15, -0.1) is 12.4 Å². The average Bonchev–Trinajstić information content (AvgIpc) is 1.41. The van der Waals surface area contributed by atoms with E-state index in [1.807, 2.05) is 0 Å². The molecule has 7 heavy (non-hydrogen) atoms. The third-order valence-corrected chi connectivity index (χ3v) is 0.558. The van der Waals surface area contributed by atoms with Gasteiger partial charge in [0.25, 0.3) is 0 Å². The minimum absolute atomic E-state index is 0. The van der Waals surface area contributed by atoms with Crippen molar-refractivity contribution in [3.63, 3.8) is 0 Å². The van der Waals surface area contributed by atoms with Crippen molar-refractivity contribution in [2.24, 2.45) is 5.73 Å². The van der Waals surface area contributed by atoms with Crippen LogP contribution in [0.3, 0.4) is 0 Å². The van der Waals surface area contributed by atoms with Crippen molar-refractivity contribution < 1.29 is 0 Å². The second kappa shape index (κ2) is 16.4. The Hall–Kier alpha value is 0.210. The smallest absolute Gasteiger partial charge is 0.00774 e. The quantitative estimate of drug-likeness (QED) is 0.587. The largest absolute Gasteiger partial charge is 0.344 e. The molecular formula is C4H15ClN2. The molecule has 0 aromatic heterocycles. The van der Waals surface area contributed by atoms with E-state index in [-0.39, 0.29) is 18.6 Å². The molecule has 48 valence electrons. The molecule has 2 nitrogen and oxygen atoms in total. The summed E-state index contributed by atoms with van der Waals surface area (Å²) in [7, 11) is 0. The van der Waals surface area contributed by atoms with Gasteiger partial charge in [0.2, 0.25) is 0 Å². The molecule has 0 unspecified atom stereocenters. The molecule has 0 aromatic carbocycles. The minimum atomic E-state index is 0. The fourth-order valence-corrected chi connectivity index (χ4v) is 0.204. The highest BCUT2D eigenvalue weighted by atomic mass is 35.5. The summed E-state index contributed by atoms with van der Waals surface area (Å²) in [6.07, 6.45) is 2.39. The van der Waals surface area contributed by atoms with Crippen molar-refractivity contribution in [3.05, 3.63) is 0 Å². The summed E-state index contributed by atoms with van der Waals surface area (Å²) in [6.45, 7) is 2.98. The van der Waals surface area contributed by atoms with Crippen LogP contribution in [0.15, 0.2) is 0 Å². The normalized spacial score (nSPS) is 6.00. The lowest BCUT2D eigenvalue weighted by Crippen LogP contribution is -1.95. The molecule has 0 aliphatic carbocycles. The van der Waals surface area contributed by atoms with E-state index >= 15 is 0 Å². The summed E-state index contributed by atoms with van der Waals surface area (Å²) in [4.78, 5) is 0. The monoisotopic (exact) mass is 126 g/mol. The van der Waals surface area contributed by atoms with Crippen molar-refractivity contribution in [2.45, 2.75) is 19.8 Å². The van der Waals surface area contributed by atoms with Crippen LogP contribution >= 0.6 is 12.4 Å². The van der Waals surface area contributed by atoms with E-state index in [1.54, 1.807) is 0 Å². The fraction of sp³-hybridized carbons (Fsp3) is 1.00. The molecular weight excluding hydrogens is 112 g/mol. The Bertz CT molecular complexity index is 17.2. The van der Waals surface area contributed by atoms with Crippen LogP contribution in [0.25, 0.3) is 0 Å². The van der Waals surface area contributed by atoms with Crippen LogP contribution in [0.1, 0.15) is 19.8 Å². The highest BCUT2D eigenvalue weighted by Gasteiger charge is 1.67. The number of rotatable bonds is 2. The summed E-state index contributed by atoms with van der Waals surface area (Å²) < 4.78 is 0. The SMILES string of the molecule is CCCCN.Cl.N. The molecule has 0 rings (SSSR count). The third kappa shape index (κ3) is 22.5. The molecule has 0 aromatic rings. The van der Waals surface area contributed by atoms with Gasteiger partial charge in [0, 0.05) is 0 Å². The Morgan fingerprint density at radius 1 is 1.43 bits per heavy atom. The lowest BCUT2D eigenvalue weighted by atomic mass is 10.3. The number of nitrogens with two attached hydrogens (primary N) is 1. The van der Waals surface area contributed by atoms with Crippen molar-refractivity contribution in [3.8, 4) is 0 Å². The van der Waals surface area contributed by atoms with Gasteiger partial charge in [0.05, 0.1) is 0 Å². The van der Waals surface area contributed by atoms with Crippen molar-refractivity contribution in [2.75, 3.05) is 6.54 Å². The summed E-state index contributed by atoms with van der Waals surface area (Å²) in [5.74, 6) is 0. The fourth-order valence-electron chi connectivity index (χ4n) is 0.204. The van der Waals surface area contributed by atoms with Gasteiger partial charge in [-0.05, 0) is 13.0 Å². The molecule has 0 spiro atoms. The first-order chi connectivity index (χ1) is 2.41. The molecule has 0 aliphatic heterocycles. The predicted molar refractivity (Wildman–Crippen MR) is 36.2 cm³/mol. The van der Waals surface area contributed by atoms with Crippen LogP contribution in [0, 0.1) is 0 Å². The average molecular weight is 127 g/mol. The van der Waals surface area contributed by atoms with Gasteiger partial charge >= 0.3 is 0 Å². The maximum atomic E-state index is 5.14. The van der Waals surface area contributed by atoms with Crippen LogP contribution in [-0.2, 0) is 0 Å². The van der Waals surface area contributed by atoms with Gasteiger partial charge < -0.3 is 11.9 Å². The van der Waals surface area contributed by atoms with E-state index in [9.17, 15) is 0 Å². The van der Waals surface area contributed by atoms with Gasteiger partial charge in [-0.3, -0.25) is 0 Å². The zero-order valence-corrected chi connectivity index (χ0v) is 5.63. The number of hydrogen-bond donors (Lipinski definition) is 2. The molecule has 0 aliphatic rings. The Labute approximate surface area is 51.5 Å². The third-order valence-electron chi connectivity index (χ3n) is 0.558. The molecule has 0 fully saturated rings. The second-order valence-electron chi connectivity index (χ2n) is 1.14. The Kier molecular flexibility index (Phi) is 36.7. The second-order valence-corrected chi connectivity index (χ2v) is 1.14. The molecule has 0 saturated carbocycles. The lowest BCUT2D eigenvalue weighted by Gasteiger charge is -1.80. The first-order valence-electron chi connectivity index (χ1n) is 2.12. The molecule has 0 radical (unpaired) electrons. The molecule has 5 N–H and O–H groups in total. The van der Waals surface area contributed by atoms with Crippen LogP contribution in [0.5, 0.6) is 0 Å². The summed E-state index contributed by atoms with van der Waals surface area (Å²) in [5.41, 5.74) is 5.14. The van der Waals surface area contributed by atoms with E-state index < -0.39 is 0 Å². The highest BCUT2D eigenvalue weighted by Crippen LogP contribution is 1.77. The maximum absolute atomic E-state index is 5.14. The van der Waals surface area contributed by atoms with E-state index in [0.717, 1.165) is 6.54 Å². The topological polar surface area (TPSA) is 61.0 Å². The minimum Gasteiger partial charge on any atom is -0.344 e. The van der Waals surface area contributed by atoms with E-state index in [2.05, 4.69) is 6.92 Å². The summed E-state index contributed by atoms with van der Waals surface area (Å²) in [6, 6.07) is 0. The summed E-state index contributed by atoms with van der Waals surface area (Å²) >= 11 is 0. The van der Waals surface area contributed by atoms with Gasteiger partial charge in [0.1, 0.15) is 0 Å². The van der Waals surface area contributed by atoms with Gasteiger partial charge in [-0.2, -0.15) is 0 Å². The maximum Gasteiger partial charge on any atom is -0.00774 e. The Balaban J connectivity index is -0.0000000800.